The van der Waals surface area contributed by atoms with Crippen LogP contribution in [-0.2, 0) is 16.1 Å². The monoisotopic (exact) mass is 412 g/mol. The van der Waals surface area contributed by atoms with Crippen molar-refractivity contribution in [1.29, 1.82) is 0 Å². The summed E-state index contributed by atoms with van der Waals surface area (Å²) in [5.41, 5.74) is 2.91. The minimum absolute atomic E-state index is 0.135. The highest BCUT2D eigenvalue weighted by atomic mass is 16.5. The van der Waals surface area contributed by atoms with E-state index in [4.69, 9.17) is 9.47 Å². The van der Waals surface area contributed by atoms with E-state index in [0.29, 0.717) is 31.0 Å². The summed E-state index contributed by atoms with van der Waals surface area (Å²) < 4.78 is 11.1. The van der Waals surface area contributed by atoms with E-state index in [1.54, 1.807) is 12.0 Å². The minimum Gasteiger partial charge on any atom is -0.497 e. The number of carbonyl (C=O) groups is 2. The summed E-state index contributed by atoms with van der Waals surface area (Å²) >= 11 is 0. The van der Waals surface area contributed by atoms with Gasteiger partial charge in [0.05, 0.1) is 7.11 Å². The molecule has 30 heavy (non-hydrogen) atoms. The van der Waals surface area contributed by atoms with E-state index in [1.165, 1.54) is 0 Å². The van der Waals surface area contributed by atoms with Crippen molar-refractivity contribution in [1.82, 2.24) is 10.2 Å². The molecule has 6 heteroatoms. The van der Waals surface area contributed by atoms with Gasteiger partial charge in [0.1, 0.15) is 17.5 Å². The second-order valence-electron chi connectivity index (χ2n) is 7.25. The third-order valence-corrected chi connectivity index (χ3v) is 4.92. The van der Waals surface area contributed by atoms with Crippen molar-refractivity contribution in [2.45, 2.75) is 46.7 Å². The molecule has 1 N–H and O–H groups in total. The van der Waals surface area contributed by atoms with Gasteiger partial charge in [-0.15, -0.1) is 0 Å². The number of hydrogen-bond acceptors (Lipinski definition) is 4. The van der Waals surface area contributed by atoms with Crippen molar-refractivity contribution in [3.8, 4) is 11.5 Å². The summed E-state index contributed by atoms with van der Waals surface area (Å²) in [7, 11) is 1.60. The summed E-state index contributed by atoms with van der Waals surface area (Å²) in [5, 5.41) is 2.83. The SMILES string of the molecule is CCNC(=O)[C@H](CC)N(Cc1cccc(OC)c1)C(=O)COc1cc(C)ccc1C. The van der Waals surface area contributed by atoms with Crippen molar-refractivity contribution in [2.75, 3.05) is 20.3 Å². The lowest BCUT2D eigenvalue weighted by Crippen LogP contribution is -2.50. The maximum Gasteiger partial charge on any atom is 0.261 e. The van der Waals surface area contributed by atoms with Gasteiger partial charge in [-0.1, -0.05) is 31.2 Å². The molecule has 0 unspecified atom stereocenters. The van der Waals surface area contributed by atoms with Gasteiger partial charge in [0.25, 0.3) is 5.91 Å². The molecule has 0 aliphatic rings. The molecule has 2 aromatic carbocycles. The molecular formula is C24H32N2O4. The molecule has 2 aromatic rings. The number of hydrogen-bond donors (Lipinski definition) is 1. The van der Waals surface area contributed by atoms with Crippen LogP contribution in [0.4, 0.5) is 0 Å². The van der Waals surface area contributed by atoms with Gasteiger partial charge in [0, 0.05) is 13.1 Å². The van der Waals surface area contributed by atoms with E-state index >= 15 is 0 Å². The first-order chi connectivity index (χ1) is 14.4. The topological polar surface area (TPSA) is 67.9 Å². The Kier molecular flexibility index (Phi) is 8.71. The van der Waals surface area contributed by atoms with Gasteiger partial charge < -0.3 is 19.7 Å². The lowest BCUT2D eigenvalue weighted by atomic mass is 10.1. The maximum atomic E-state index is 13.2. The van der Waals surface area contributed by atoms with E-state index in [1.807, 2.05) is 70.2 Å². The van der Waals surface area contributed by atoms with Crippen LogP contribution in [0.1, 0.15) is 37.0 Å². The maximum absolute atomic E-state index is 13.2. The van der Waals surface area contributed by atoms with Gasteiger partial charge >= 0.3 is 0 Å². The average Bonchev–Trinajstić information content (AvgIpc) is 2.74. The summed E-state index contributed by atoms with van der Waals surface area (Å²) in [6.07, 6.45) is 0.505. The Labute approximate surface area is 179 Å². The Hall–Kier alpha value is -3.02. The molecule has 2 amide bonds. The molecule has 0 spiro atoms. The van der Waals surface area contributed by atoms with E-state index in [-0.39, 0.29) is 18.4 Å². The standard InChI is InChI=1S/C24H32N2O4/c1-6-21(24(28)25-7-2)26(15-19-9-8-10-20(14-19)29-5)23(27)16-30-22-13-17(3)11-12-18(22)4/h8-14,21H,6-7,15-16H2,1-5H3,(H,25,28)/t21-/m0/s1. The van der Waals surface area contributed by atoms with Crippen molar-refractivity contribution < 1.29 is 19.1 Å². The largest absolute Gasteiger partial charge is 0.497 e. The van der Waals surface area contributed by atoms with Crippen molar-refractivity contribution in [2.24, 2.45) is 0 Å². The van der Waals surface area contributed by atoms with Gasteiger partial charge in [0.15, 0.2) is 6.61 Å². The van der Waals surface area contributed by atoms with Crippen LogP contribution in [0.3, 0.4) is 0 Å². The molecule has 0 saturated heterocycles. The quantitative estimate of drug-likeness (QED) is 0.647. The van der Waals surface area contributed by atoms with Crippen LogP contribution in [0.5, 0.6) is 11.5 Å². The van der Waals surface area contributed by atoms with Gasteiger partial charge in [-0.25, -0.2) is 0 Å². The van der Waals surface area contributed by atoms with Crippen LogP contribution in [-0.4, -0.2) is 43.0 Å². The molecule has 0 saturated carbocycles. The van der Waals surface area contributed by atoms with E-state index in [9.17, 15) is 9.59 Å². The van der Waals surface area contributed by atoms with Crippen molar-refractivity contribution in [3.05, 3.63) is 59.2 Å². The third kappa shape index (κ3) is 6.24. The van der Waals surface area contributed by atoms with E-state index in [2.05, 4.69) is 5.32 Å². The van der Waals surface area contributed by atoms with Crippen LogP contribution in [0.2, 0.25) is 0 Å². The number of aryl methyl sites for hydroxylation is 2. The second kappa shape index (κ2) is 11.2. The Morgan fingerprint density at radius 1 is 1.10 bits per heavy atom. The molecule has 6 nitrogen and oxygen atoms in total. The predicted molar refractivity (Wildman–Crippen MR) is 118 cm³/mol. The number of rotatable bonds is 10. The summed E-state index contributed by atoms with van der Waals surface area (Å²) in [4.78, 5) is 27.4. The van der Waals surface area contributed by atoms with E-state index < -0.39 is 6.04 Å². The molecule has 0 aromatic heterocycles. The van der Waals surface area contributed by atoms with Crippen LogP contribution in [0.25, 0.3) is 0 Å². The number of nitrogens with zero attached hydrogens (tertiary/aromatic N) is 1. The second-order valence-corrected chi connectivity index (χ2v) is 7.25. The van der Waals surface area contributed by atoms with Crippen LogP contribution >= 0.6 is 0 Å². The Balaban J connectivity index is 2.24. The fourth-order valence-corrected chi connectivity index (χ4v) is 3.26. The highest BCUT2D eigenvalue weighted by Gasteiger charge is 2.28. The van der Waals surface area contributed by atoms with Crippen LogP contribution in [0, 0.1) is 13.8 Å². The smallest absolute Gasteiger partial charge is 0.261 e. The van der Waals surface area contributed by atoms with Crippen LogP contribution in [0.15, 0.2) is 42.5 Å². The summed E-state index contributed by atoms with van der Waals surface area (Å²) in [5.74, 6) is 0.980. The number of methoxy groups -OCH3 is 1. The third-order valence-electron chi connectivity index (χ3n) is 4.92. The molecule has 0 fully saturated rings. The molecule has 0 radical (unpaired) electrons. The minimum atomic E-state index is -0.578. The highest BCUT2D eigenvalue weighted by molar-refractivity contribution is 5.88. The Morgan fingerprint density at radius 2 is 1.87 bits per heavy atom. The first kappa shape index (κ1) is 23.3. The number of carbonyl (C=O) groups excluding carboxylic acids is 2. The molecule has 0 aliphatic carbocycles. The van der Waals surface area contributed by atoms with Crippen molar-refractivity contribution in [3.63, 3.8) is 0 Å². The fourth-order valence-electron chi connectivity index (χ4n) is 3.26. The lowest BCUT2D eigenvalue weighted by Gasteiger charge is -2.30. The number of nitrogens with one attached hydrogen (secondary N) is 1. The molecule has 0 aliphatic heterocycles. The molecule has 2 rings (SSSR count). The number of amides is 2. The zero-order valence-corrected chi connectivity index (χ0v) is 18.5. The molecule has 0 heterocycles. The zero-order valence-electron chi connectivity index (χ0n) is 18.5. The normalized spacial score (nSPS) is 11.5. The Bertz CT molecular complexity index is 866. The first-order valence-electron chi connectivity index (χ1n) is 10.3. The first-order valence-corrected chi connectivity index (χ1v) is 10.3. The van der Waals surface area contributed by atoms with Crippen LogP contribution < -0.4 is 14.8 Å². The average molecular weight is 413 g/mol. The predicted octanol–water partition coefficient (Wildman–Crippen LogP) is 3.63. The van der Waals surface area contributed by atoms with Gasteiger partial charge in [-0.2, -0.15) is 0 Å². The van der Waals surface area contributed by atoms with Gasteiger partial charge in [-0.3, -0.25) is 9.59 Å². The summed E-state index contributed by atoms with van der Waals surface area (Å²) in [6, 6.07) is 12.8. The molecular weight excluding hydrogens is 380 g/mol. The molecule has 1 atom stereocenters. The zero-order chi connectivity index (χ0) is 22.1. The summed E-state index contributed by atoms with van der Waals surface area (Å²) in [6.45, 7) is 8.35. The lowest BCUT2D eigenvalue weighted by molar-refractivity contribution is -0.142. The molecule has 162 valence electrons. The number of likely N-dealkylation sites (N-methyl/N-ethyl adjacent to an activating group) is 1. The fraction of sp³-hybridized carbons (Fsp3) is 0.417. The Morgan fingerprint density at radius 3 is 2.53 bits per heavy atom. The number of ether oxygens (including phenoxy) is 2. The number of benzene rings is 2. The van der Waals surface area contributed by atoms with E-state index in [0.717, 1.165) is 16.7 Å². The van der Waals surface area contributed by atoms with Crippen molar-refractivity contribution >= 4 is 11.8 Å². The molecule has 0 bridgehead atoms. The van der Waals surface area contributed by atoms with Gasteiger partial charge in [0.2, 0.25) is 5.91 Å². The highest BCUT2D eigenvalue weighted by Crippen LogP contribution is 2.21. The van der Waals surface area contributed by atoms with Gasteiger partial charge in [-0.05, 0) is 62.1 Å².